The van der Waals surface area contributed by atoms with Crippen LogP contribution in [0.5, 0.6) is 0 Å². The van der Waals surface area contributed by atoms with Crippen molar-refractivity contribution in [1.29, 1.82) is 0 Å². The van der Waals surface area contributed by atoms with Gasteiger partial charge in [-0.05, 0) is 28.2 Å². The molecule has 18 heteroatoms. The van der Waals surface area contributed by atoms with Crippen molar-refractivity contribution in [2.24, 2.45) is 0 Å². The van der Waals surface area contributed by atoms with Gasteiger partial charge in [0.15, 0.2) is 13.3 Å². The summed E-state index contributed by atoms with van der Waals surface area (Å²) >= 11 is 7.39. The second kappa shape index (κ2) is 33.7. The standard InChI is InChI=1S/C6H15N2O2.C6H14N2O2.C5H14N2O.C5H15N2O.2CH4.3HI.V/c1-6(9)7(2)5-8(3,4)10;1-6(9)8(4)5-10-7(2)3;1-6(2)5-8-7(3)4;1-6(2)5-7(3,4)8;;;;;;/h10H,5H2,1-4H3;5H2,1-4H3;5H2,1-4H3;8H,5H2,1-4H3;2*1H4;3*1H;/q+1;;;+1;;;;;;+3/p-3. The molecule has 2 N–H and O–H groups in total. The Morgan fingerprint density at radius 3 is 1.02 bits per heavy atom. The van der Waals surface area contributed by atoms with Crippen molar-refractivity contribution in [3.63, 3.8) is 0 Å². The molecule has 0 aromatic carbocycles. The first-order valence-corrected chi connectivity index (χ1v) is 25.4. The normalized spacial score (nSPS) is 10.5. The third-order valence-corrected chi connectivity index (χ3v) is 3.35. The average Bonchev–Trinajstić information content (AvgIpc) is 2.68. The minimum absolute atomic E-state index is 0. The molecule has 42 heavy (non-hydrogen) atoms. The molecular formula is C24H66I3N8O6V+2. The maximum absolute atomic E-state index is 10.6. The first kappa shape index (κ1) is 58.8. The van der Waals surface area contributed by atoms with E-state index in [9.17, 15) is 14.8 Å². The van der Waals surface area contributed by atoms with Crippen LogP contribution in [0, 0.1) is 0 Å². The van der Waals surface area contributed by atoms with Gasteiger partial charge in [0.05, 0.1) is 28.2 Å². The van der Waals surface area contributed by atoms with Gasteiger partial charge < -0.3 is 4.90 Å². The van der Waals surface area contributed by atoms with Crippen LogP contribution >= 0.6 is 59.9 Å². The van der Waals surface area contributed by atoms with E-state index in [2.05, 4.69) is 59.9 Å². The summed E-state index contributed by atoms with van der Waals surface area (Å²) in [5, 5.41) is 21.5. The number of halogens is 3. The average molecular weight is 994 g/mol. The number of quaternary nitrogens is 2. The molecule has 0 unspecified atom stereocenters. The van der Waals surface area contributed by atoms with E-state index in [1.54, 1.807) is 66.5 Å². The zero-order valence-electron chi connectivity index (χ0n) is 27.5. The van der Waals surface area contributed by atoms with E-state index in [1.165, 1.54) is 23.6 Å². The van der Waals surface area contributed by atoms with Gasteiger partial charge in [0.25, 0.3) is 0 Å². The SMILES string of the molecule is C.C.CC(=O)N(C)CON(C)C.CC(=O)N(C)C[N+](C)(C)O.CN(C)CON(C)C.CN(C)C[N+](C)(C)O.[I][V]([I])[I]. The van der Waals surface area contributed by atoms with Crippen molar-refractivity contribution < 1.29 is 43.9 Å². The molecule has 14 nitrogen and oxygen atoms in total. The molecule has 262 valence electrons. The van der Waals surface area contributed by atoms with Gasteiger partial charge in [0, 0.05) is 56.1 Å². The fourth-order valence-corrected chi connectivity index (χ4v) is 1.83. The summed E-state index contributed by atoms with van der Waals surface area (Å²) in [7, 11) is 25.1. The molecule has 0 aliphatic heterocycles. The molecule has 0 fully saturated rings. The number of carbonyl (C=O) groups is 2. The van der Waals surface area contributed by atoms with Crippen molar-refractivity contribution in [1.82, 2.24) is 29.7 Å². The molecule has 0 spiro atoms. The molecule has 0 rings (SSSR count). The molecule has 0 saturated carbocycles. The summed E-state index contributed by atoms with van der Waals surface area (Å²) < 4.78 is -0.205. The fourth-order valence-electron chi connectivity index (χ4n) is 1.83. The third kappa shape index (κ3) is 78.1. The Bertz CT molecular complexity index is 603. The van der Waals surface area contributed by atoms with Gasteiger partial charge in [0.1, 0.15) is 13.5 Å². The van der Waals surface area contributed by atoms with E-state index in [4.69, 9.17) is 14.9 Å². The van der Waals surface area contributed by atoms with Crippen LogP contribution in [0.25, 0.3) is 0 Å². The number of amides is 2. The van der Waals surface area contributed by atoms with E-state index in [1.807, 2.05) is 52.1 Å². The molecule has 0 bridgehead atoms. The Kier molecular flexibility index (Phi) is 47.1. The van der Waals surface area contributed by atoms with E-state index in [-0.39, 0.29) is 40.9 Å². The summed E-state index contributed by atoms with van der Waals surface area (Å²) in [6, 6.07) is 0. The Hall–Kier alpha value is 1.31. The fraction of sp³-hybridized carbons (Fsp3) is 0.917. The topological polar surface area (TPSA) is 112 Å². The monoisotopic (exact) mass is 994 g/mol. The predicted molar refractivity (Wildman–Crippen MR) is 197 cm³/mol. The summed E-state index contributed by atoms with van der Waals surface area (Å²) in [4.78, 5) is 37.8. The van der Waals surface area contributed by atoms with Gasteiger partial charge in [-0.1, -0.05) is 14.9 Å². The molecular weight excluding hydrogens is 928 g/mol. The van der Waals surface area contributed by atoms with Gasteiger partial charge in [-0.3, -0.25) is 34.0 Å². The Labute approximate surface area is 296 Å². The number of rotatable bonds is 10. The Morgan fingerprint density at radius 2 is 0.905 bits per heavy atom. The summed E-state index contributed by atoms with van der Waals surface area (Å²) in [5.74, 6) is -0.0397. The van der Waals surface area contributed by atoms with Crippen LogP contribution in [-0.4, -0.2) is 187 Å². The molecule has 0 aromatic heterocycles. The number of hydrogen-bond donors (Lipinski definition) is 2. The molecule has 0 saturated heterocycles. The van der Waals surface area contributed by atoms with Gasteiger partial charge in [-0.15, -0.1) is 0 Å². The molecule has 0 radical (unpaired) electrons. The van der Waals surface area contributed by atoms with Crippen LogP contribution in [0.3, 0.4) is 0 Å². The van der Waals surface area contributed by atoms with Crippen molar-refractivity contribution in [3.8, 4) is 0 Å². The summed E-state index contributed by atoms with van der Waals surface area (Å²) in [6.07, 6.45) is 0. The van der Waals surface area contributed by atoms with Gasteiger partial charge in [-0.2, -0.15) is 19.4 Å². The van der Waals surface area contributed by atoms with Gasteiger partial charge in [0.2, 0.25) is 11.8 Å². The number of carbonyl (C=O) groups excluding carboxylic acids is 2. The van der Waals surface area contributed by atoms with E-state index in [0.29, 0.717) is 26.8 Å². The molecule has 0 aliphatic carbocycles. The van der Waals surface area contributed by atoms with Gasteiger partial charge in [-0.25, -0.2) is 10.4 Å². The first-order valence-electron chi connectivity index (χ1n) is 11.9. The quantitative estimate of drug-likeness (QED) is 0.146. The van der Waals surface area contributed by atoms with Crippen LogP contribution in [-0.2, 0) is 24.2 Å². The second-order valence-electron chi connectivity index (χ2n) is 10.5. The first-order chi connectivity index (χ1) is 17.6. The Morgan fingerprint density at radius 1 is 0.619 bits per heavy atom. The molecule has 0 aliphatic rings. The molecule has 0 atom stereocenters. The predicted octanol–water partition coefficient (Wildman–Crippen LogP) is 3.70. The molecule has 0 heterocycles. The molecule has 2 amide bonds. The zero-order valence-corrected chi connectivity index (χ0v) is 35.4. The van der Waals surface area contributed by atoms with Crippen molar-refractivity contribution in [2.45, 2.75) is 28.7 Å². The third-order valence-electron chi connectivity index (χ3n) is 3.35. The summed E-state index contributed by atoms with van der Waals surface area (Å²) in [5.41, 5.74) is 0. The minimum atomic E-state index is -0.278. The van der Waals surface area contributed by atoms with Crippen LogP contribution < -0.4 is 0 Å². The Balaban J connectivity index is -0.0000000737. The van der Waals surface area contributed by atoms with E-state index < -0.39 is 0 Å². The van der Waals surface area contributed by atoms with Crippen LogP contribution in [0.1, 0.15) is 28.7 Å². The van der Waals surface area contributed by atoms with Crippen LogP contribution in [0.4, 0.5) is 0 Å². The van der Waals surface area contributed by atoms with Crippen LogP contribution in [0.2, 0.25) is 0 Å². The van der Waals surface area contributed by atoms with Crippen molar-refractivity contribution in [3.05, 3.63) is 0 Å². The van der Waals surface area contributed by atoms with Crippen molar-refractivity contribution in [2.75, 3.05) is 125 Å². The second-order valence-corrected chi connectivity index (χ2v) is 45.8. The van der Waals surface area contributed by atoms with Crippen LogP contribution in [0.15, 0.2) is 0 Å². The number of nitrogens with zero attached hydrogens (tertiary/aromatic N) is 8. The van der Waals surface area contributed by atoms with E-state index in [0.717, 1.165) is 0 Å². The number of hydrogen-bond acceptors (Lipinski definition) is 10. The van der Waals surface area contributed by atoms with Gasteiger partial charge >= 0.3 is 64.9 Å². The maximum atomic E-state index is 10.6. The number of hydroxylamine groups is 10. The van der Waals surface area contributed by atoms with Crippen molar-refractivity contribution >= 4 is 71.8 Å². The molecule has 0 aromatic rings. The zero-order chi connectivity index (χ0) is 33.4. The van der Waals surface area contributed by atoms with E-state index >= 15 is 0 Å². The summed E-state index contributed by atoms with van der Waals surface area (Å²) in [6.45, 7) is 4.89.